The van der Waals surface area contributed by atoms with Crippen LogP contribution in [0.25, 0.3) is 0 Å². The quantitative estimate of drug-likeness (QED) is 0.662. The highest BCUT2D eigenvalue weighted by Crippen LogP contribution is 2.31. The summed E-state index contributed by atoms with van der Waals surface area (Å²) in [5.41, 5.74) is 3.82. The number of hydrogen-bond donors (Lipinski definition) is 1. The molecule has 4 rings (SSSR count). The lowest BCUT2D eigenvalue weighted by Crippen LogP contribution is -2.43. The van der Waals surface area contributed by atoms with Gasteiger partial charge >= 0.3 is 0 Å². The maximum absolute atomic E-state index is 13.3. The van der Waals surface area contributed by atoms with Crippen LogP contribution in [0.15, 0.2) is 47.4 Å². The van der Waals surface area contributed by atoms with E-state index in [1.807, 2.05) is 43.3 Å². The molecule has 2 amide bonds. The molecule has 1 N–H and O–H groups in total. The number of benzene rings is 2. The van der Waals surface area contributed by atoms with Crippen LogP contribution in [0.4, 0.5) is 11.4 Å². The highest BCUT2D eigenvalue weighted by atomic mass is 32.2. The summed E-state index contributed by atoms with van der Waals surface area (Å²) in [5.74, 6) is -0.264. The summed E-state index contributed by atoms with van der Waals surface area (Å²) in [6.45, 7) is 3.27. The molecule has 2 heterocycles. The first-order valence-corrected chi connectivity index (χ1v) is 13.6. The van der Waals surface area contributed by atoms with Crippen LogP contribution in [-0.4, -0.2) is 58.3 Å². The van der Waals surface area contributed by atoms with Gasteiger partial charge in [0.15, 0.2) is 0 Å². The minimum atomic E-state index is -3.65. The average Bonchev–Trinajstić information content (AvgIpc) is 2.86. The Morgan fingerprint density at radius 2 is 1.71 bits per heavy atom. The second-order valence-electron chi connectivity index (χ2n) is 9.52. The predicted octanol–water partition coefficient (Wildman–Crippen LogP) is 2.77. The molecular weight excluding hydrogens is 464 g/mol. The molecule has 0 aliphatic carbocycles. The maximum Gasteiger partial charge on any atom is 0.243 e. The third-order valence-electron chi connectivity index (χ3n) is 6.93. The summed E-state index contributed by atoms with van der Waals surface area (Å²) in [4.78, 5) is 28.6. The highest BCUT2D eigenvalue weighted by Gasteiger charge is 2.33. The molecule has 0 aromatic heterocycles. The van der Waals surface area contributed by atoms with Crippen LogP contribution in [-0.2, 0) is 32.6 Å². The molecule has 0 unspecified atom stereocenters. The first-order valence-electron chi connectivity index (χ1n) is 12.1. The van der Waals surface area contributed by atoms with E-state index < -0.39 is 10.0 Å². The first-order chi connectivity index (χ1) is 16.7. The standard InChI is InChI=1S/C26H34N4O4S/c1-19(31)30-14-4-5-22-17-24(10-11-25(22)30)35(33,34)29-15-12-21(13-16-29)26(32)27-18-20-6-8-23(9-7-20)28(2)3/h6-11,17,21H,4-5,12-16,18H2,1-3H3,(H,27,32). The summed E-state index contributed by atoms with van der Waals surface area (Å²) >= 11 is 0. The Morgan fingerprint density at radius 1 is 1.03 bits per heavy atom. The molecule has 1 fully saturated rings. The SMILES string of the molecule is CC(=O)N1CCCc2cc(S(=O)(=O)N3CCC(C(=O)NCc4ccc(N(C)C)cc4)CC3)ccc21. The smallest absolute Gasteiger partial charge is 0.243 e. The summed E-state index contributed by atoms with van der Waals surface area (Å²) in [5, 5.41) is 3.00. The topological polar surface area (TPSA) is 90.0 Å². The molecule has 2 aliphatic rings. The lowest BCUT2D eigenvalue weighted by atomic mass is 9.97. The van der Waals surface area contributed by atoms with Gasteiger partial charge in [0.1, 0.15) is 0 Å². The van der Waals surface area contributed by atoms with E-state index in [1.54, 1.807) is 23.1 Å². The Morgan fingerprint density at radius 3 is 2.34 bits per heavy atom. The van der Waals surface area contributed by atoms with Crippen LogP contribution in [0.3, 0.4) is 0 Å². The van der Waals surface area contributed by atoms with Crippen molar-refractivity contribution in [2.75, 3.05) is 43.5 Å². The van der Waals surface area contributed by atoms with Crippen molar-refractivity contribution in [3.8, 4) is 0 Å². The highest BCUT2D eigenvalue weighted by molar-refractivity contribution is 7.89. The summed E-state index contributed by atoms with van der Waals surface area (Å²) in [6, 6.07) is 13.1. The molecule has 1 saturated heterocycles. The van der Waals surface area contributed by atoms with Gasteiger partial charge in [-0.2, -0.15) is 4.31 Å². The van der Waals surface area contributed by atoms with Crippen molar-refractivity contribution in [2.45, 2.75) is 44.0 Å². The third-order valence-corrected chi connectivity index (χ3v) is 8.83. The number of piperidine rings is 1. The number of fused-ring (bicyclic) bond motifs is 1. The van der Waals surface area contributed by atoms with Crippen molar-refractivity contribution in [3.05, 3.63) is 53.6 Å². The van der Waals surface area contributed by atoms with E-state index in [2.05, 4.69) is 5.32 Å². The molecule has 2 aliphatic heterocycles. The van der Waals surface area contributed by atoms with Crippen molar-refractivity contribution in [1.82, 2.24) is 9.62 Å². The fraction of sp³-hybridized carbons (Fsp3) is 0.462. The van der Waals surface area contributed by atoms with Crippen molar-refractivity contribution >= 4 is 33.2 Å². The van der Waals surface area contributed by atoms with Gasteiger partial charge in [0, 0.05) is 64.5 Å². The first kappa shape index (κ1) is 25.2. The van der Waals surface area contributed by atoms with Crippen LogP contribution in [0.2, 0.25) is 0 Å². The Kier molecular flexibility index (Phi) is 7.47. The molecule has 188 valence electrons. The predicted molar refractivity (Wildman–Crippen MR) is 137 cm³/mol. The molecule has 0 saturated carbocycles. The van der Waals surface area contributed by atoms with Gasteiger partial charge < -0.3 is 15.1 Å². The molecule has 8 nitrogen and oxygen atoms in total. The number of sulfonamides is 1. The van der Waals surface area contributed by atoms with Crippen LogP contribution in [0.1, 0.15) is 37.3 Å². The largest absolute Gasteiger partial charge is 0.378 e. The summed E-state index contributed by atoms with van der Waals surface area (Å²) in [7, 11) is 0.312. The maximum atomic E-state index is 13.3. The molecule has 0 spiro atoms. The molecule has 35 heavy (non-hydrogen) atoms. The zero-order valence-electron chi connectivity index (χ0n) is 20.7. The van der Waals surface area contributed by atoms with E-state index in [4.69, 9.17) is 0 Å². The van der Waals surface area contributed by atoms with Gasteiger partial charge in [0.05, 0.1) is 4.90 Å². The summed E-state index contributed by atoms with van der Waals surface area (Å²) < 4.78 is 28.1. The molecule has 0 radical (unpaired) electrons. The molecule has 0 atom stereocenters. The zero-order chi connectivity index (χ0) is 25.2. The molecule has 9 heteroatoms. The van der Waals surface area contributed by atoms with E-state index in [1.165, 1.54) is 11.2 Å². The average molecular weight is 499 g/mol. The lowest BCUT2D eigenvalue weighted by molar-refractivity contribution is -0.126. The van der Waals surface area contributed by atoms with E-state index in [-0.39, 0.29) is 22.6 Å². The number of anilines is 2. The van der Waals surface area contributed by atoms with E-state index >= 15 is 0 Å². The molecule has 0 bridgehead atoms. The Labute approximate surface area is 207 Å². The molecule has 2 aromatic carbocycles. The van der Waals surface area contributed by atoms with Crippen LogP contribution >= 0.6 is 0 Å². The number of carbonyl (C=O) groups is 2. The number of carbonyl (C=O) groups excluding carboxylic acids is 2. The van der Waals surface area contributed by atoms with Crippen LogP contribution in [0, 0.1) is 5.92 Å². The van der Waals surface area contributed by atoms with Crippen molar-refractivity contribution in [1.29, 1.82) is 0 Å². The Hall–Kier alpha value is -2.91. The second-order valence-corrected chi connectivity index (χ2v) is 11.5. The van der Waals surface area contributed by atoms with Crippen molar-refractivity contribution in [2.24, 2.45) is 5.92 Å². The Balaban J connectivity index is 1.34. The van der Waals surface area contributed by atoms with Gasteiger partial charge in [-0.05, 0) is 67.1 Å². The van der Waals surface area contributed by atoms with Gasteiger partial charge in [-0.1, -0.05) is 12.1 Å². The third kappa shape index (κ3) is 5.51. The van der Waals surface area contributed by atoms with Crippen molar-refractivity contribution in [3.63, 3.8) is 0 Å². The van der Waals surface area contributed by atoms with E-state index in [9.17, 15) is 18.0 Å². The molecule has 2 aromatic rings. The van der Waals surface area contributed by atoms with E-state index in [0.29, 0.717) is 39.0 Å². The number of rotatable bonds is 6. The normalized spacial score (nSPS) is 17.1. The monoisotopic (exact) mass is 498 g/mol. The van der Waals surface area contributed by atoms with Gasteiger partial charge in [-0.25, -0.2) is 8.42 Å². The number of amides is 2. The lowest BCUT2D eigenvalue weighted by Gasteiger charge is -2.32. The number of nitrogens with zero attached hydrogens (tertiary/aromatic N) is 3. The minimum Gasteiger partial charge on any atom is -0.378 e. The fourth-order valence-electron chi connectivity index (χ4n) is 4.81. The number of aryl methyl sites for hydroxylation is 1. The second kappa shape index (κ2) is 10.4. The van der Waals surface area contributed by atoms with Crippen LogP contribution < -0.4 is 15.1 Å². The summed E-state index contributed by atoms with van der Waals surface area (Å²) in [6.07, 6.45) is 2.56. The minimum absolute atomic E-state index is 0.0307. The zero-order valence-corrected chi connectivity index (χ0v) is 21.5. The van der Waals surface area contributed by atoms with Crippen molar-refractivity contribution < 1.29 is 18.0 Å². The van der Waals surface area contributed by atoms with Gasteiger partial charge in [0.2, 0.25) is 21.8 Å². The van der Waals surface area contributed by atoms with Crippen LogP contribution in [0.5, 0.6) is 0 Å². The van der Waals surface area contributed by atoms with Gasteiger partial charge in [-0.15, -0.1) is 0 Å². The molecular formula is C26H34N4O4S. The number of nitrogens with one attached hydrogen (secondary N) is 1. The fourth-order valence-corrected chi connectivity index (χ4v) is 6.33. The Bertz CT molecular complexity index is 1190. The number of hydrogen-bond acceptors (Lipinski definition) is 5. The van der Waals surface area contributed by atoms with Gasteiger partial charge in [0.25, 0.3) is 0 Å². The van der Waals surface area contributed by atoms with E-state index in [0.717, 1.165) is 35.3 Å². The van der Waals surface area contributed by atoms with Gasteiger partial charge in [-0.3, -0.25) is 9.59 Å².